The number of hydrogen-bond acceptors (Lipinski definition) is 5. The molecule has 0 aliphatic heterocycles. The molecule has 5 heteroatoms. The van der Waals surface area contributed by atoms with Crippen LogP contribution in [0, 0.1) is 5.92 Å². The van der Waals surface area contributed by atoms with Crippen LogP contribution in [0.5, 0.6) is 0 Å². The molecule has 0 heterocycles. The number of aliphatic hydroxyl groups is 3. The van der Waals surface area contributed by atoms with Crippen molar-refractivity contribution in [2.45, 2.75) is 30.8 Å². The van der Waals surface area contributed by atoms with Crippen LogP contribution in [0.2, 0.25) is 0 Å². The summed E-state index contributed by atoms with van der Waals surface area (Å²) >= 11 is 0. The Morgan fingerprint density at radius 1 is 1.07 bits per heavy atom. The minimum Gasteiger partial charge on any atom is -0.390 e. The van der Waals surface area contributed by atoms with Gasteiger partial charge in [-0.3, -0.25) is 0 Å². The van der Waals surface area contributed by atoms with E-state index in [1.165, 1.54) is 14.2 Å². The number of methoxy groups -OCH3 is 2. The second kappa shape index (κ2) is 5.04. The maximum Gasteiger partial charge on any atom is 0.109 e. The quantitative estimate of drug-likeness (QED) is 0.538. The highest BCUT2D eigenvalue weighted by Gasteiger charge is 2.42. The van der Waals surface area contributed by atoms with Gasteiger partial charge in [-0.1, -0.05) is 0 Å². The Bertz CT molecular complexity index is 171. The SMILES string of the molecule is COC[C@H]1CC(OC)[C@H](O)[C@@H](O)[C@@H]1O. The molecule has 1 rings (SSSR count). The fourth-order valence-electron chi connectivity index (χ4n) is 1.89. The Labute approximate surface area is 83.3 Å². The van der Waals surface area contributed by atoms with E-state index in [0.29, 0.717) is 13.0 Å². The molecular formula is C9H18O5. The van der Waals surface area contributed by atoms with E-state index in [2.05, 4.69) is 0 Å². The Morgan fingerprint density at radius 3 is 2.21 bits per heavy atom. The molecule has 1 unspecified atom stereocenters. The summed E-state index contributed by atoms with van der Waals surface area (Å²) in [7, 11) is 3.01. The van der Waals surface area contributed by atoms with Gasteiger partial charge in [0.2, 0.25) is 0 Å². The van der Waals surface area contributed by atoms with Crippen molar-refractivity contribution in [3.63, 3.8) is 0 Å². The lowest BCUT2D eigenvalue weighted by Gasteiger charge is -2.39. The van der Waals surface area contributed by atoms with Crippen LogP contribution in [0.3, 0.4) is 0 Å². The van der Waals surface area contributed by atoms with Gasteiger partial charge in [0.25, 0.3) is 0 Å². The van der Waals surface area contributed by atoms with Gasteiger partial charge in [-0.2, -0.15) is 0 Å². The Hall–Kier alpha value is -0.200. The first-order valence-corrected chi connectivity index (χ1v) is 4.67. The van der Waals surface area contributed by atoms with Crippen LogP contribution in [-0.4, -0.2) is 60.6 Å². The summed E-state index contributed by atoms with van der Waals surface area (Å²) in [6, 6.07) is 0. The summed E-state index contributed by atoms with van der Waals surface area (Å²) in [5.41, 5.74) is 0. The molecular weight excluding hydrogens is 188 g/mol. The van der Waals surface area contributed by atoms with E-state index in [1.54, 1.807) is 0 Å². The van der Waals surface area contributed by atoms with Gasteiger partial charge in [-0.05, 0) is 6.42 Å². The van der Waals surface area contributed by atoms with Crippen LogP contribution in [0.15, 0.2) is 0 Å². The maximum atomic E-state index is 9.61. The molecule has 0 aromatic heterocycles. The number of ether oxygens (including phenoxy) is 2. The number of hydrogen-bond donors (Lipinski definition) is 3. The lowest BCUT2D eigenvalue weighted by Crippen LogP contribution is -2.55. The van der Waals surface area contributed by atoms with Crippen molar-refractivity contribution in [2.75, 3.05) is 20.8 Å². The first-order chi connectivity index (χ1) is 6.61. The molecule has 0 radical (unpaired) electrons. The van der Waals surface area contributed by atoms with Gasteiger partial charge < -0.3 is 24.8 Å². The molecule has 5 atom stereocenters. The van der Waals surface area contributed by atoms with Crippen LogP contribution in [0.25, 0.3) is 0 Å². The molecule has 0 bridgehead atoms. The maximum absolute atomic E-state index is 9.61. The van der Waals surface area contributed by atoms with E-state index < -0.39 is 24.4 Å². The van der Waals surface area contributed by atoms with Crippen LogP contribution >= 0.6 is 0 Å². The molecule has 0 aromatic carbocycles. The molecule has 1 aliphatic rings. The van der Waals surface area contributed by atoms with E-state index in [-0.39, 0.29) is 5.92 Å². The van der Waals surface area contributed by atoms with Crippen molar-refractivity contribution in [1.82, 2.24) is 0 Å². The normalized spacial score (nSPS) is 43.9. The smallest absolute Gasteiger partial charge is 0.109 e. The Morgan fingerprint density at radius 2 is 1.71 bits per heavy atom. The molecule has 3 N–H and O–H groups in total. The summed E-state index contributed by atoms with van der Waals surface area (Å²) in [6.45, 7) is 0.352. The summed E-state index contributed by atoms with van der Waals surface area (Å²) in [5.74, 6) is -0.191. The lowest BCUT2D eigenvalue weighted by atomic mass is 9.81. The molecule has 1 fully saturated rings. The van der Waals surface area contributed by atoms with Crippen LogP contribution in [0.1, 0.15) is 6.42 Å². The fourth-order valence-corrected chi connectivity index (χ4v) is 1.89. The average molecular weight is 206 g/mol. The third kappa shape index (κ3) is 2.24. The van der Waals surface area contributed by atoms with Gasteiger partial charge in [-0.15, -0.1) is 0 Å². The van der Waals surface area contributed by atoms with Crippen LogP contribution in [0.4, 0.5) is 0 Å². The molecule has 84 valence electrons. The average Bonchev–Trinajstić information content (AvgIpc) is 2.19. The molecule has 1 saturated carbocycles. The van der Waals surface area contributed by atoms with E-state index in [9.17, 15) is 15.3 Å². The summed E-state index contributed by atoms with van der Waals surface area (Å²) in [5, 5.41) is 28.6. The van der Waals surface area contributed by atoms with Gasteiger partial charge in [0.1, 0.15) is 12.2 Å². The Balaban J connectivity index is 2.63. The second-order valence-electron chi connectivity index (χ2n) is 3.70. The third-order valence-electron chi connectivity index (χ3n) is 2.78. The first kappa shape index (κ1) is 11.9. The largest absolute Gasteiger partial charge is 0.390 e. The zero-order valence-corrected chi connectivity index (χ0v) is 8.46. The first-order valence-electron chi connectivity index (χ1n) is 4.67. The van der Waals surface area contributed by atoms with Crippen LogP contribution < -0.4 is 0 Å². The predicted octanol–water partition coefficient (Wildman–Crippen LogP) is -1.25. The van der Waals surface area contributed by atoms with E-state index >= 15 is 0 Å². The van der Waals surface area contributed by atoms with Crippen molar-refractivity contribution in [3.05, 3.63) is 0 Å². The highest BCUT2D eigenvalue weighted by atomic mass is 16.5. The highest BCUT2D eigenvalue weighted by molar-refractivity contribution is 4.93. The monoisotopic (exact) mass is 206 g/mol. The Kier molecular flexibility index (Phi) is 4.28. The van der Waals surface area contributed by atoms with Gasteiger partial charge >= 0.3 is 0 Å². The van der Waals surface area contributed by atoms with Crippen molar-refractivity contribution in [2.24, 2.45) is 5.92 Å². The minimum atomic E-state index is -1.16. The third-order valence-corrected chi connectivity index (χ3v) is 2.78. The summed E-state index contributed by atoms with van der Waals surface area (Å²) in [6.07, 6.45) is -3.08. The highest BCUT2D eigenvalue weighted by Crippen LogP contribution is 2.27. The molecule has 0 spiro atoms. The zero-order valence-electron chi connectivity index (χ0n) is 8.46. The molecule has 0 saturated heterocycles. The van der Waals surface area contributed by atoms with Crippen molar-refractivity contribution in [1.29, 1.82) is 0 Å². The van der Waals surface area contributed by atoms with Gasteiger partial charge in [-0.25, -0.2) is 0 Å². The topological polar surface area (TPSA) is 79.2 Å². The molecule has 0 aromatic rings. The molecule has 1 aliphatic carbocycles. The predicted molar refractivity (Wildman–Crippen MR) is 48.8 cm³/mol. The fraction of sp³-hybridized carbons (Fsp3) is 1.00. The standard InChI is InChI=1S/C9H18O5/c1-13-4-5-3-6(14-2)8(11)9(12)7(5)10/h5-12H,3-4H2,1-2H3/t5-,6?,7-,8+,9+/m1/s1. The lowest BCUT2D eigenvalue weighted by molar-refractivity contribution is -0.172. The minimum absolute atomic E-state index is 0.191. The number of rotatable bonds is 3. The molecule has 0 amide bonds. The second-order valence-corrected chi connectivity index (χ2v) is 3.70. The molecule has 14 heavy (non-hydrogen) atoms. The van der Waals surface area contributed by atoms with E-state index in [1.807, 2.05) is 0 Å². The molecule has 5 nitrogen and oxygen atoms in total. The van der Waals surface area contributed by atoms with Crippen molar-refractivity contribution in [3.8, 4) is 0 Å². The van der Waals surface area contributed by atoms with Crippen molar-refractivity contribution >= 4 is 0 Å². The van der Waals surface area contributed by atoms with E-state index in [4.69, 9.17) is 9.47 Å². The van der Waals surface area contributed by atoms with Gasteiger partial charge in [0.15, 0.2) is 0 Å². The zero-order chi connectivity index (χ0) is 10.7. The summed E-state index contributed by atoms with van der Waals surface area (Å²) < 4.78 is 9.94. The van der Waals surface area contributed by atoms with Gasteiger partial charge in [0.05, 0.1) is 18.8 Å². The van der Waals surface area contributed by atoms with Gasteiger partial charge in [0, 0.05) is 20.1 Å². The van der Waals surface area contributed by atoms with Crippen molar-refractivity contribution < 1.29 is 24.8 Å². The van der Waals surface area contributed by atoms with Crippen LogP contribution in [-0.2, 0) is 9.47 Å². The summed E-state index contributed by atoms with van der Waals surface area (Å²) in [4.78, 5) is 0. The van der Waals surface area contributed by atoms with E-state index in [0.717, 1.165) is 0 Å². The number of aliphatic hydroxyl groups excluding tert-OH is 3.